The number of carbonyl (C=O) groups is 1. The van der Waals surface area contributed by atoms with E-state index >= 15 is 0 Å². The van der Waals surface area contributed by atoms with Gasteiger partial charge in [0.2, 0.25) is 0 Å². The van der Waals surface area contributed by atoms with E-state index in [1.807, 2.05) is 6.92 Å². The number of aliphatic hydroxyl groups is 1. The number of aryl methyl sites for hydroxylation is 1. The zero-order chi connectivity index (χ0) is 13.8. The van der Waals surface area contributed by atoms with Gasteiger partial charge in [-0.05, 0) is 38.0 Å². The fourth-order valence-corrected chi connectivity index (χ4v) is 1.31. The minimum absolute atomic E-state index is 0.0474. The molecule has 0 bridgehead atoms. The van der Waals surface area contributed by atoms with Crippen LogP contribution >= 0.6 is 0 Å². The lowest BCUT2D eigenvalue weighted by atomic mass is 10.1. The summed E-state index contributed by atoms with van der Waals surface area (Å²) in [6.07, 6.45) is 0.572. The van der Waals surface area contributed by atoms with E-state index in [1.54, 1.807) is 19.9 Å². The Morgan fingerprint density at radius 3 is 2.67 bits per heavy atom. The lowest BCUT2D eigenvalue weighted by molar-refractivity contribution is -0.0522. The van der Waals surface area contributed by atoms with Crippen LogP contribution in [0, 0.1) is 5.82 Å². The molecule has 1 amide bonds. The molecule has 0 atom stereocenters. The van der Waals surface area contributed by atoms with Gasteiger partial charge < -0.3 is 5.11 Å². The van der Waals surface area contributed by atoms with Gasteiger partial charge in [0.05, 0.1) is 5.60 Å². The summed E-state index contributed by atoms with van der Waals surface area (Å²) >= 11 is 0. The lowest BCUT2D eigenvalue weighted by Gasteiger charge is -2.16. The average molecular weight is 255 g/mol. The maximum Gasteiger partial charge on any atom is 0.274 e. The molecule has 18 heavy (non-hydrogen) atoms. The van der Waals surface area contributed by atoms with Gasteiger partial charge in [0.15, 0.2) is 0 Å². The first-order valence-electron chi connectivity index (χ1n) is 5.76. The Morgan fingerprint density at radius 1 is 1.50 bits per heavy atom. The van der Waals surface area contributed by atoms with Crippen molar-refractivity contribution in [2.24, 2.45) is 0 Å². The number of rotatable bonds is 5. The van der Waals surface area contributed by atoms with Gasteiger partial charge in [0.25, 0.3) is 5.91 Å². The van der Waals surface area contributed by atoms with Crippen molar-refractivity contribution in [2.75, 3.05) is 6.61 Å². The minimum Gasteiger partial charge on any atom is -0.388 e. The zero-order valence-electron chi connectivity index (χ0n) is 10.8. The SMILES string of the molecule is CCc1ccc(C(=O)NOCC(C)(C)O)cc1F. The largest absolute Gasteiger partial charge is 0.388 e. The standard InChI is InChI=1S/C13H18FNO3/c1-4-9-5-6-10(7-11(9)14)12(16)15-18-8-13(2,3)17/h5-7,17H,4,8H2,1-3H3,(H,15,16). The van der Waals surface area contributed by atoms with E-state index < -0.39 is 17.3 Å². The van der Waals surface area contributed by atoms with Crippen molar-refractivity contribution < 1.29 is 19.1 Å². The Morgan fingerprint density at radius 2 is 2.17 bits per heavy atom. The third kappa shape index (κ3) is 4.43. The highest BCUT2D eigenvalue weighted by Gasteiger charge is 2.14. The van der Waals surface area contributed by atoms with Gasteiger partial charge in [-0.1, -0.05) is 13.0 Å². The summed E-state index contributed by atoms with van der Waals surface area (Å²) in [6, 6.07) is 4.27. The summed E-state index contributed by atoms with van der Waals surface area (Å²) in [5, 5.41) is 9.38. The van der Waals surface area contributed by atoms with E-state index in [-0.39, 0.29) is 12.2 Å². The Labute approximate surface area is 106 Å². The van der Waals surface area contributed by atoms with Crippen LogP contribution in [0.15, 0.2) is 18.2 Å². The van der Waals surface area contributed by atoms with E-state index in [1.165, 1.54) is 12.1 Å². The minimum atomic E-state index is -1.04. The first-order chi connectivity index (χ1) is 8.33. The number of hydroxylamine groups is 1. The molecule has 0 radical (unpaired) electrons. The molecule has 0 aliphatic carbocycles. The summed E-state index contributed by atoms with van der Waals surface area (Å²) in [6.45, 7) is 4.89. The van der Waals surface area contributed by atoms with Gasteiger partial charge in [-0.2, -0.15) is 0 Å². The van der Waals surface area contributed by atoms with Crippen LogP contribution in [0.4, 0.5) is 4.39 Å². The van der Waals surface area contributed by atoms with Crippen molar-refractivity contribution in [2.45, 2.75) is 32.8 Å². The quantitative estimate of drug-likeness (QED) is 0.789. The number of benzene rings is 1. The summed E-state index contributed by atoms with van der Waals surface area (Å²) < 4.78 is 13.5. The Bertz CT molecular complexity index is 427. The van der Waals surface area contributed by atoms with Crippen LogP contribution in [0.3, 0.4) is 0 Å². The number of hydrogen-bond acceptors (Lipinski definition) is 3. The van der Waals surface area contributed by atoms with E-state index in [2.05, 4.69) is 5.48 Å². The van der Waals surface area contributed by atoms with Gasteiger partial charge in [0, 0.05) is 5.56 Å². The number of carbonyl (C=O) groups excluding carboxylic acids is 1. The van der Waals surface area contributed by atoms with Crippen LogP contribution in [0.2, 0.25) is 0 Å². The van der Waals surface area contributed by atoms with Gasteiger partial charge in [0.1, 0.15) is 12.4 Å². The van der Waals surface area contributed by atoms with E-state index in [9.17, 15) is 14.3 Å². The lowest BCUT2D eigenvalue weighted by Crippen LogP contribution is -2.33. The zero-order valence-corrected chi connectivity index (χ0v) is 10.8. The van der Waals surface area contributed by atoms with Crippen LogP contribution in [-0.4, -0.2) is 23.2 Å². The normalized spacial score (nSPS) is 11.4. The second kappa shape index (κ2) is 5.93. The van der Waals surface area contributed by atoms with Gasteiger partial charge >= 0.3 is 0 Å². The molecule has 1 aromatic carbocycles. The van der Waals surface area contributed by atoms with Crippen molar-refractivity contribution in [3.05, 3.63) is 35.1 Å². The molecule has 0 spiro atoms. The highest BCUT2D eigenvalue weighted by Crippen LogP contribution is 2.11. The summed E-state index contributed by atoms with van der Waals surface area (Å²) in [4.78, 5) is 16.4. The third-order valence-corrected chi connectivity index (χ3v) is 2.29. The molecule has 0 aliphatic rings. The molecule has 0 fully saturated rings. The second-order valence-corrected chi connectivity index (χ2v) is 4.69. The highest BCUT2D eigenvalue weighted by molar-refractivity contribution is 5.93. The second-order valence-electron chi connectivity index (χ2n) is 4.69. The van der Waals surface area contributed by atoms with E-state index in [4.69, 9.17) is 4.84 Å². The monoisotopic (exact) mass is 255 g/mol. The van der Waals surface area contributed by atoms with Gasteiger partial charge in [-0.3, -0.25) is 9.63 Å². The molecule has 100 valence electrons. The smallest absolute Gasteiger partial charge is 0.274 e. The van der Waals surface area contributed by atoms with Crippen LogP contribution < -0.4 is 5.48 Å². The summed E-state index contributed by atoms with van der Waals surface area (Å²) in [5.74, 6) is -0.951. The van der Waals surface area contributed by atoms with Crippen LogP contribution in [0.5, 0.6) is 0 Å². The highest BCUT2D eigenvalue weighted by atomic mass is 19.1. The molecule has 0 saturated heterocycles. The van der Waals surface area contributed by atoms with Crippen LogP contribution in [0.25, 0.3) is 0 Å². The first-order valence-corrected chi connectivity index (χ1v) is 5.76. The topological polar surface area (TPSA) is 58.6 Å². The van der Waals surface area contributed by atoms with Crippen molar-refractivity contribution in [3.63, 3.8) is 0 Å². The van der Waals surface area contributed by atoms with Gasteiger partial charge in [-0.25, -0.2) is 9.87 Å². The Kier molecular flexibility index (Phi) is 4.81. The van der Waals surface area contributed by atoms with Crippen LogP contribution in [0.1, 0.15) is 36.7 Å². The van der Waals surface area contributed by atoms with Crippen molar-refractivity contribution >= 4 is 5.91 Å². The fourth-order valence-electron chi connectivity index (χ4n) is 1.31. The molecule has 2 N–H and O–H groups in total. The number of amides is 1. The maximum absolute atomic E-state index is 13.5. The molecule has 1 rings (SSSR count). The molecule has 0 saturated carbocycles. The number of nitrogens with one attached hydrogen (secondary N) is 1. The molecule has 5 heteroatoms. The maximum atomic E-state index is 13.5. The molecule has 1 aromatic rings. The molecule has 4 nitrogen and oxygen atoms in total. The van der Waals surface area contributed by atoms with Crippen LogP contribution in [-0.2, 0) is 11.3 Å². The first kappa shape index (κ1) is 14.6. The summed E-state index contributed by atoms with van der Waals surface area (Å²) in [7, 11) is 0. The van der Waals surface area contributed by atoms with Crippen molar-refractivity contribution in [1.29, 1.82) is 0 Å². The molecular weight excluding hydrogens is 237 g/mol. The molecular formula is C13H18FNO3. The van der Waals surface area contributed by atoms with Gasteiger partial charge in [-0.15, -0.1) is 0 Å². The molecule has 0 aromatic heterocycles. The predicted octanol–water partition coefficient (Wildman–Crippen LogP) is 1.82. The Balaban J connectivity index is 2.59. The van der Waals surface area contributed by atoms with E-state index in [0.29, 0.717) is 12.0 Å². The van der Waals surface area contributed by atoms with E-state index in [0.717, 1.165) is 0 Å². The molecule has 0 aliphatic heterocycles. The predicted molar refractivity (Wildman–Crippen MR) is 65.5 cm³/mol. The molecule has 0 heterocycles. The Hall–Kier alpha value is -1.46. The average Bonchev–Trinajstić information content (AvgIpc) is 2.27. The fraction of sp³-hybridized carbons (Fsp3) is 0.462. The van der Waals surface area contributed by atoms with Crippen molar-refractivity contribution in [3.8, 4) is 0 Å². The third-order valence-electron chi connectivity index (χ3n) is 2.29. The van der Waals surface area contributed by atoms with Crippen molar-refractivity contribution in [1.82, 2.24) is 5.48 Å². The molecule has 0 unspecified atom stereocenters. The summed E-state index contributed by atoms with van der Waals surface area (Å²) in [5.41, 5.74) is 1.86. The number of halogens is 1. The number of hydrogen-bond donors (Lipinski definition) is 2.